The van der Waals surface area contributed by atoms with Crippen molar-refractivity contribution in [2.75, 3.05) is 13.1 Å². The van der Waals surface area contributed by atoms with Gasteiger partial charge in [0.05, 0.1) is 11.2 Å². The lowest BCUT2D eigenvalue weighted by molar-refractivity contribution is -0.130. The molecule has 0 unspecified atom stereocenters. The number of rotatable bonds is 3. The quantitative estimate of drug-likeness (QED) is 0.794. The summed E-state index contributed by atoms with van der Waals surface area (Å²) in [5.41, 5.74) is 2.92. The summed E-state index contributed by atoms with van der Waals surface area (Å²) in [6.45, 7) is 11.7. The smallest absolute Gasteiger partial charge is 0.399 e. The highest BCUT2D eigenvalue weighted by Crippen LogP contribution is 2.36. The van der Waals surface area contributed by atoms with Crippen LogP contribution in [0.2, 0.25) is 0 Å². The number of amides is 1. The van der Waals surface area contributed by atoms with Crippen molar-refractivity contribution < 1.29 is 14.1 Å². The highest BCUT2D eigenvalue weighted by Gasteiger charge is 2.51. The van der Waals surface area contributed by atoms with Gasteiger partial charge in [-0.3, -0.25) is 4.79 Å². The molecule has 0 bridgehead atoms. The van der Waals surface area contributed by atoms with Crippen LogP contribution in [-0.4, -0.2) is 42.2 Å². The minimum absolute atomic E-state index is 0.228. The Balaban J connectivity index is 1.70. The standard InChI is InChI=1S/C20H28BNO3/c1-6-18(23)22-13-11-16(12-14-22)15-7-9-17(10-8-15)21-24-19(2,3)20(4,5)25-21/h7-11H,6,12-14H2,1-5H3. The minimum Gasteiger partial charge on any atom is -0.399 e. The third kappa shape index (κ3) is 3.53. The van der Waals surface area contributed by atoms with Crippen LogP contribution in [0.4, 0.5) is 0 Å². The summed E-state index contributed by atoms with van der Waals surface area (Å²) in [5.74, 6) is 0.228. The molecule has 4 nitrogen and oxygen atoms in total. The van der Waals surface area contributed by atoms with Gasteiger partial charge in [-0.25, -0.2) is 0 Å². The normalized spacial score (nSPS) is 22.0. The van der Waals surface area contributed by atoms with Crippen LogP contribution >= 0.6 is 0 Å². The first-order chi connectivity index (χ1) is 11.7. The first-order valence-corrected chi connectivity index (χ1v) is 9.16. The SMILES string of the molecule is CCC(=O)N1CC=C(c2ccc(B3OC(C)(C)C(C)(C)O3)cc2)CC1. The summed E-state index contributed by atoms with van der Waals surface area (Å²) < 4.78 is 12.2. The molecule has 1 fully saturated rings. The van der Waals surface area contributed by atoms with E-state index in [-0.39, 0.29) is 24.2 Å². The average Bonchev–Trinajstić information content (AvgIpc) is 2.82. The molecule has 0 radical (unpaired) electrons. The van der Waals surface area contributed by atoms with Gasteiger partial charge in [0.1, 0.15) is 0 Å². The molecule has 0 saturated carbocycles. The van der Waals surface area contributed by atoms with Crippen LogP contribution in [0.15, 0.2) is 30.3 Å². The fourth-order valence-electron chi connectivity index (χ4n) is 3.21. The van der Waals surface area contributed by atoms with Crippen molar-refractivity contribution in [3.63, 3.8) is 0 Å². The van der Waals surface area contributed by atoms with Crippen LogP contribution in [0.1, 0.15) is 53.0 Å². The van der Waals surface area contributed by atoms with Crippen molar-refractivity contribution >= 4 is 24.1 Å². The lowest BCUT2D eigenvalue weighted by Crippen LogP contribution is -2.41. The predicted octanol–water partition coefficient (Wildman–Crippen LogP) is 3.01. The Morgan fingerprint density at radius 3 is 2.20 bits per heavy atom. The highest BCUT2D eigenvalue weighted by molar-refractivity contribution is 6.62. The molecule has 2 heterocycles. The molecule has 1 aromatic rings. The molecule has 1 amide bonds. The molecular weight excluding hydrogens is 313 g/mol. The summed E-state index contributed by atoms with van der Waals surface area (Å²) in [6, 6.07) is 8.43. The van der Waals surface area contributed by atoms with E-state index in [0.717, 1.165) is 18.4 Å². The summed E-state index contributed by atoms with van der Waals surface area (Å²) in [6.07, 6.45) is 3.65. The number of nitrogens with zero attached hydrogens (tertiary/aromatic N) is 1. The van der Waals surface area contributed by atoms with E-state index in [4.69, 9.17) is 9.31 Å². The fraction of sp³-hybridized carbons (Fsp3) is 0.550. The summed E-state index contributed by atoms with van der Waals surface area (Å²) in [5, 5.41) is 0. The van der Waals surface area contributed by atoms with E-state index in [1.54, 1.807) is 0 Å². The molecule has 0 aliphatic carbocycles. The third-order valence-corrected chi connectivity index (χ3v) is 5.67. The molecule has 1 aromatic carbocycles. The van der Waals surface area contributed by atoms with Gasteiger partial charge in [0.15, 0.2) is 0 Å². The van der Waals surface area contributed by atoms with Gasteiger partial charge in [-0.2, -0.15) is 0 Å². The summed E-state index contributed by atoms with van der Waals surface area (Å²) >= 11 is 0. The Morgan fingerprint density at radius 1 is 1.12 bits per heavy atom. The van der Waals surface area contributed by atoms with Crippen molar-refractivity contribution in [1.82, 2.24) is 4.90 Å². The number of carbonyl (C=O) groups is 1. The molecule has 0 aromatic heterocycles. The van der Waals surface area contributed by atoms with E-state index in [9.17, 15) is 4.79 Å². The van der Waals surface area contributed by atoms with Gasteiger partial charge in [0.2, 0.25) is 5.91 Å². The van der Waals surface area contributed by atoms with Gasteiger partial charge in [0.25, 0.3) is 0 Å². The Hall–Kier alpha value is -1.59. The second kappa shape index (κ2) is 6.62. The van der Waals surface area contributed by atoms with Gasteiger partial charge in [-0.15, -0.1) is 0 Å². The Labute approximate surface area is 151 Å². The number of hydrogen-bond donors (Lipinski definition) is 0. The zero-order chi connectivity index (χ0) is 18.2. The largest absolute Gasteiger partial charge is 0.494 e. The fourth-order valence-corrected chi connectivity index (χ4v) is 3.21. The van der Waals surface area contributed by atoms with Crippen LogP contribution in [0.5, 0.6) is 0 Å². The number of hydrogen-bond acceptors (Lipinski definition) is 3. The van der Waals surface area contributed by atoms with Crippen molar-refractivity contribution in [3.05, 3.63) is 35.9 Å². The lowest BCUT2D eigenvalue weighted by Gasteiger charge is -2.32. The highest BCUT2D eigenvalue weighted by atomic mass is 16.7. The van der Waals surface area contributed by atoms with Crippen molar-refractivity contribution in [1.29, 1.82) is 0 Å². The molecule has 0 N–H and O–H groups in total. The maximum absolute atomic E-state index is 11.8. The monoisotopic (exact) mass is 341 g/mol. The zero-order valence-electron chi connectivity index (χ0n) is 16.0. The Morgan fingerprint density at radius 2 is 1.72 bits per heavy atom. The molecule has 2 aliphatic heterocycles. The van der Waals surface area contributed by atoms with Gasteiger partial charge in [-0.05, 0) is 50.7 Å². The maximum atomic E-state index is 11.8. The van der Waals surface area contributed by atoms with Crippen LogP contribution in [0.25, 0.3) is 5.57 Å². The van der Waals surface area contributed by atoms with Gasteiger partial charge >= 0.3 is 7.12 Å². The second-order valence-corrected chi connectivity index (χ2v) is 7.88. The van der Waals surface area contributed by atoms with Gasteiger partial charge < -0.3 is 14.2 Å². The Kier molecular flexibility index (Phi) is 4.82. The topological polar surface area (TPSA) is 38.8 Å². The van der Waals surface area contributed by atoms with E-state index in [0.29, 0.717) is 13.0 Å². The number of carbonyl (C=O) groups excluding carboxylic acids is 1. The van der Waals surface area contributed by atoms with Crippen molar-refractivity contribution in [2.45, 2.75) is 58.7 Å². The predicted molar refractivity (Wildman–Crippen MR) is 102 cm³/mol. The third-order valence-electron chi connectivity index (χ3n) is 5.67. The molecule has 25 heavy (non-hydrogen) atoms. The Bertz CT molecular complexity index is 663. The van der Waals surface area contributed by atoms with Crippen LogP contribution in [0, 0.1) is 0 Å². The van der Waals surface area contributed by atoms with E-state index < -0.39 is 0 Å². The summed E-state index contributed by atoms with van der Waals surface area (Å²) in [7, 11) is -0.322. The van der Waals surface area contributed by atoms with Crippen LogP contribution in [0.3, 0.4) is 0 Å². The van der Waals surface area contributed by atoms with Crippen molar-refractivity contribution in [3.8, 4) is 0 Å². The lowest BCUT2D eigenvalue weighted by atomic mass is 9.78. The van der Waals surface area contributed by atoms with E-state index >= 15 is 0 Å². The molecule has 0 spiro atoms. The maximum Gasteiger partial charge on any atom is 0.494 e. The molecule has 2 aliphatic rings. The molecular formula is C20H28BNO3. The van der Waals surface area contributed by atoms with Crippen LogP contribution in [-0.2, 0) is 14.1 Å². The molecule has 0 atom stereocenters. The molecule has 5 heteroatoms. The van der Waals surface area contributed by atoms with Crippen LogP contribution < -0.4 is 5.46 Å². The minimum atomic E-state index is -0.322. The van der Waals surface area contributed by atoms with E-state index in [1.165, 1.54) is 11.1 Å². The zero-order valence-corrected chi connectivity index (χ0v) is 16.0. The van der Waals surface area contributed by atoms with E-state index in [2.05, 4.69) is 58.0 Å². The first kappa shape index (κ1) is 18.2. The molecule has 3 rings (SSSR count). The van der Waals surface area contributed by atoms with Crippen molar-refractivity contribution in [2.24, 2.45) is 0 Å². The van der Waals surface area contributed by atoms with Gasteiger partial charge in [-0.1, -0.05) is 37.3 Å². The van der Waals surface area contributed by atoms with Gasteiger partial charge in [0, 0.05) is 19.5 Å². The number of benzene rings is 1. The molecule has 134 valence electrons. The van der Waals surface area contributed by atoms with E-state index in [1.807, 2.05) is 11.8 Å². The molecule has 1 saturated heterocycles. The first-order valence-electron chi connectivity index (χ1n) is 9.16. The second-order valence-electron chi connectivity index (χ2n) is 7.88. The summed E-state index contributed by atoms with van der Waals surface area (Å²) in [4.78, 5) is 13.7. The average molecular weight is 341 g/mol.